The molecule has 0 unspecified atom stereocenters. The number of rotatable bonds is 6. The summed E-state index contributed by atoms with van der Waals surface area (Å²) in [5.41, 5.74) is 2.92. The molecule has 0 bridgehead atoms. The molecule has 0 radical (unpaired) electrons. The highest BCUT2D eigenvalue weighted by molar-refractivity contribution is 6.00. The number of methoxy groups -OCH3 is 1. The van der Waals surface area contributed by atoms with Gasteiger partial charge in [-0.3, -0.25) is 14.5 Å². The topological polar surface area (TPSA) is 79.7 Å². The van der Waals surface area contributed by atoms with Crippen LogP contribution < -0.4 is 10.1 Å². The summed E-state index contributed by atoms with van der Waals surface area (Å²) in [7, 11) is 3.26. The molecule has 2 aromatic carbocycles. The van der Waals surface area contributed by atoms with Gasteiger partial charge in [-0.25, -0.2) is 4.68 Å². The second-order valence-corrected chi connectivity index (χ2v) is 7.64. The number of amides is 2. The zero-order chi connectivity index (χ0) is 22.5. The van der Waals surface area contributed by atoms with E-state index in [4.69, 9.17) is 9.84 Å². The van der Waals surface area contributed by atoms with Crippen molar-refractivity contribution in [3.05, 3.63) is 66.4 Å². The van der Waals surface area contributed by atoms with E-state index in [1.54, 1.807) is 25.0 Å². The Hall–Kier alpha value is -3.65. The van der Waals surface area contributed by atoms with Crippen LogP contribution in [-0.4, -0.2) is 78.3 Å². The monoisotopic (exact) mass is 433 g/mol. The number of aromatic nitrogens is 2. The summed E-state index contributed by atoms with van der Waals surface area (Å²) in [6.45, 7) is 2.79. The van der Waals surface area contributed by atoms with Crippen molar-refractivity contribution in [1.82, 2.24) is 24.9 Å². The van der Waals surface area contributed by atoms with Crippen LogP contribution in [0, 0.1) is 0 Å². The quantitative estimate of drug-likeness (QED) is 0.644. The normalized spacial score (nSPS) is 14.2. The molecule has 1 aromatic heterocycles. The fourth-order valence-corrected chi connectivity index (χ4v) is 3.77. The summed E-state index contributed by atoms with van der Waals surface area (Å²) in [6, 6.07) is 17.3. The highest BCUT2D eigenvalue weighted by Crippen LogP contribution is 2.27. The lowest BCUT2D eigenvalue weighted by atomic mass is 10.1. The smallest absolute Gasteiger partial charge is 0.257 e. The van der Waals surface area contributed by atoms with Crippen molar-refractivity contribution in [3.63, 3.8) is 0 Å². The minimum atomic E-state index is -0.0578. The van der Waals surface area contributed by atoms with Gasteiger partial charge in [0.15, 0.2) is 0 Å². The number of nitrogens with one attached hydrogen (secondary N) is 1. The van der Waals surface area contributed by atoms with Crippen LogP contribution in [0.15, 0.2) is 60.8 Å². The third-order valence-electron chi connectivity index (χ3n) is 5.63. The van der Waals surface area contributed by atoms with Gasteiger partial charge in [0.25, 0.3) is 5.91 Å². The third kappa shape index (κ3) is 4.65. The van der Waals surface area contributed by atoms with Gasteiger partial charge in [-0.15, -0.1) is 0 Å². The molecule has 4 rings (SSSR count). The Morgan fingerprint density at radius 3 is 2.31 bits per heavy atom. The van der Waals surface area contributed by atoms with E-state index in [2.05, 4.69) is 10.2 Å². The maximum atomic E-state index is 13.5. The van der Waals surface area contributed by atoms with Crippen molar-refractivity contribution in [2.75, 3.05) is 46.9 Å². The second kappa shape index (κ2) is 9.65. The highest BCUT2D eigenvalue weighted by atomic mass is 16.5. The maximum absolute atomic E-state index is 13.5. The number of nitrogens with zero attached hydrogens (tertiary/aromatic N) is 4. The highest BCUT2D eigenvalue weighted by Gasteiger charge is 2.27. The van der Waals surface area contributed by atoms with E-state index in [0.717, 1.165) is 17.0 Å². The van der Waals surface area contributed by atoms with Gasteiger partial charge >= 0.3 is 0 Å². The Morgan fingerprint density at radius 1 is 1.00 bits per heavy atom. The third-order valence-corrected chi connectivity index (χ3v) is 5.63. The molecule has 3 aromatic rings. The molecule has 8 heteroatoms. The fraction of sp³-hybridized carbons (Fsp3) is 0.292. The molecule has 1 aliphatic rings. The maximum Gasteiger partial charge on any atom is 0.257 e. The number of carbonyl (C=O) groups excluding carboxylic acids is 2. The average Bonchev–Trinajstić information content (AvgIpc) is 3.30. The number of carbonyl (C=O) groups is 2. The van der Waals surface area contributed by atoms with Crippen molar-refractivity contribution in [1.29, 1.82) is 0 Å². The Kier molecular flexibility index (Phi) is 6.51. The molecule has 0 saturated carbocycles. The van der Waals surface area contributed by atoms with Crippen molar-refractivity contribution >= 4 is 11.8 Å². The molecule has 166 valence electrons. The van der Waals surface area contributed by atoms with Gasteiger partial charge in [-0.1, -0.05) is 18.2 Å². The lowest BCUT2D eigenvalue weighted by molar-refractivity contribution is -0.122. The first kappa shape index (κ1) is 21.6. The van der Waals surface area contributed by atoms with Crippen LogP contribution in [0.4, 0.5) is 0 Å². The van der Waals surface area contributed by atoms with Gasteiger partial charge in [0.2, 0.25) is 5.91 Å². The summed E-state index contributed by atoms with van der Waals surface area (Å²) in [6.07, 6.45) is 1.80. The van der Waals surface area contributed by atoms with Crippen molar-refractivity contribution in [3.8, 4) is 22.7 Å². The van der Waals surface area contributed by atoms with Crippen LogP contribution in [0.1, 0.15) is 10.4 Å². The molecule has 1 fully saturated rings. The van der Waals surface area contributed by atoms with Gasteiger partial charge in [-0.2, -0.15) is 5.10 Å². The van der Waals surface area contributed by atoms with E-state index in [9.17, 15) is 9.59 Å². The molecule has 0 aliphatic carbocycles. The molecule has 2 amide bonds. The summed E-state index contributed by atoms with van der Waals surface area (Å²) in [5, 5.41) is 7.40. The van der Waals surface area contributed by atoms with Crippen LogP contribution >= 0.6 is 0 Å². The van der Waals surface area contributed by atoms with E-state index >= 15 is 0 Å². The molecule has 1 N–H and O–H groups in total. The minimum absolute atomic E-state index is 0.0179. The number of piperazine rings is 1. The Labute approximate surface area is 187 Å². The number of hydrogen-bond acceptors (Lipinski definition) is 5. The summed E-state index contributed by atoms with van der Waals surface area (Å²) in [4.78, 5) is 29.0. The number of para-hydroxylation sites is 1. The fourth-order valence-electron chi connectivity index (χ4n) is 3.77. The first-order chi connectivity index (χ1) is 15.6. The molecule has 8 nitrogen and oxygen atoms in total. The molecular formula is C24H27N5O3. The summed E-state index contributed by atoms with van der Waals surface area (Å²) < 4.78 is 7.01. The summed E-state index contributed by atoms with van der Waals surface area (Å²) >= 11 is 0. The first-order valence-electron chi connectivity index (χ1n) is 10.6. The van der Waals surface area contributed by atoms with E-state index < -0.39 is 0 Å². The van der Waals surface area contributed by atoms with Gasteiger partial charge in [0.05, 0.1) is 24.9 Å². The van der Waals surface area contributed by atoms with Crippen molar-refractivity contribution in [2.24, 2.45) is 0 Å². The predicted molar refractivity (Wildman–Crippen MR) is 122 cm³/mol. The van der Waals surface area contributed by atoms with Crippen LogP contribution in [0.25, 0.3) is 16.9 Å². The number of benzene rings is 2. The van der Waals surface area contributed by atoms with Gasteiger partial charge in [0.1, 0.15) is 11.4 Å². The average molecular weight is 434 g/mol. The molecule has 0 atom stereocenters. The lowest BCUT2D eigenvalue weighted by Crippen LogP contribution is -2.50. The first-order valence-corrected chi connectivity index (χ1v) is 10.6. The number of likely N-dealkylation sites (N-methyl/N-ethyl adjacent to an activating group) is 1. The lowest BCUT2D eigenvalue weighted by Gasteiger charge is -2.34. The second-order valence-electron chi connectivity index (χ2n) is 7.64. The minimum Gasteiger partial charge on any atom is -0.497 e. The van der Waals surface area contributed by atoms with Crippen molar-refractivity contribution in [2.45, 2.75) is 0 Å². The van der Waals surface area contributed by atoms with Gasteiger partial charge in [-0.05, 0) is 36.4 Å². The molecular weight excluding hydrogens is 406 g/mol. The molecule has 0 spiro atoms. The molecule has 1 aliphatic heterocycles. The predicted octanol–water partition coefficient (Wildman–Crippen LogP) is 2.05. The van der Waals surface area contributed by atoms with E-state index in [0.29, 0.717) is 44.0 Å². The van der Waals surface area contributed by atoms with Crippen LogP contribution in [0.3, 0.4) is 0 Å². The van der Waals surface area contributed by atoms with Crippen molar-refractivity contribution < 1.29 is 14.3 Å². The van der Waals surface area contributed by atoms with Crippen LogP contribution in [0.2, 0.25) is 0 Å². The standard InChI is InChI=1S/C24H27N5O3/c1-25-22(30)17-27-12-14-28(15-13-27)24(31)21-16-29(19-6-4-3-5-7-19)26-23(21)18-8-10-20(32-2)11-9-18/h3-11,16H,12-15,17H2,1-2H3,(H,25,30). The zero-order valence-electron chi connectivity index (χ0n) is 18.3. The molecule has 2 heterocycles. The zero-order valence-corrected chi connectivity index (χ0v) is 18.3. The van der Waals surface area contributed by atoms with Crippen LogP contribution in [0.5, 0.6) is 5.75 Å². The Morgan fingerprint density at radius 2 is 1.69 bits per heavy atom. The van der Waals surface area contributed by atoms with Crippen LogP contribution in [-0.2, 0) is 4.79 Å². The van der Waals surface area contributed by atoms with Gasteiger partial charge < -0.3 is 15.0 Å². The Bertz CT molecular complexity index is 1070. The Balaban J connectivity index is 1.61. The van der Waals surface area contributed by atoms with E-state index in [1.165, 1.54) is 0 Å². The van der Waals surface area contributed by atoms with Gasteiger partial charge in [0, 0.05) is 45.0 Å². The number of hydrogen-bond donors (Lipinski definition) is 1. The molecule has 32 heavy (non-hydrogen) atoms. The molecule has 1 saturated heterocycles. The largest absolute Gasteiger partial charge is 0.497 e. The van der Waals surface area contributed by atoms with E-state index in [-0.39, 0.29) is 11.8 Å². The number of ether oxygens (including phenoxy) is 1. The SMILES string of the molecule is CNC(=O)CN1CCN(C(=O)c2cn(-c3ccccc3)nc2-c2ccc(OC)cc2)CC1. The van der Waals surface area contributed by atoms with E-state index in [1.807, 2.05) is 59.5 Å². The summed E-state index contributed by atoms with van der Waals surface area (Å²) in [5.74, 6) is 0.671.